The van der Waals surface area contributed by atoms with Crippen LogP contribution in [-0.2, 0) is 0 Å². The lowest BCUT2D eigenvalue weighted by Gasteiger charge is -2.08. The molecule has 0 spiro atoms. The molecule has 1 atom stereocenters. The first-order chi connectivity index (χ1) is 11.1. The molecule has 116 valence electrons. The molecule has 0 aliphatic heterocycles. The van der Waals surface area contributed by atoms with Gasteiger partial charge in [0.15, 0.2) is 0 Å². The second-order valence-electron chi connectivity index (χ2n) is 4.72. The molecule has 0 fully saturated rings. The van der Waals surface area contributed by atoms with Crippen molar-refractivity contribution in [2.75, 3.05) is 0 Å². The molecule has 8 heteroatoms. The molecule has 2 heterocycles. The van der Waals surface area contributed by atoms with E-state index >= 15 is 0 Å². The minimum absolute atomic E-state index is 0.0550. The Kier molecular flexibility index (Phi) is 4.33. The van der Waals surface area contributed by atoms with Gasteiger partial charge in [0, 0.05) is 35.3 Å². The van der Waals surface area contributed by atoms with E-state index in [1.807, 2.05) is 13.0 Å². The third-order valence-electron chi connectivity index (χ3n) is 3.16. The van der Waals surface area contributed by atoms with Crippen LogP contribution in [0.3, 0.4) is 0 Å². The molecule has 3 aromatic rings. The highest BCUT2D eigenvalue weighted by atomic mass is 32.2. The Bertz CT molecular complexity index is 822. The third-order valence-corrected chi connectivity index (χ3v) is 4.15. The summed E-state index contributed by atoms with van der Waals surface area (Å²) in [5, 5.41) is 19.2. The van der Waals surface area contributed by atoms with Gasteiger partial charge in [0.2, 0.25) is 5.89 Å². The van der Waals surface area contributed by atoms with Crippen LogP contribution in [0.4, 0.5) is 5.69 Å². The lowest BCUT2D eigenvalue weighted by molar-refractivity contribution is -0.384. The highest BCUT2D eigenvalue weighted by Crippen LogP contribution is 2.36. The average molecular weight is 328 g/mol. The van der Waals surface area contributed by atoms with Crippen molar-refractivity contribution in [1.82, 2.24) is 15.2 Å². The predicted molar refractivity (Wildman–Crippen MR) is 84.9 cm³/mol. The van der Waals surface area contributed by atoms with Crippen LogP contribution < -0.4 is 0 Å². The van der Waals surface area contributed by atoms with Gasteiger partial charge in [-0.05, 0) is 24.6 Å². The number of thioether (sulfide) groups is 1. The van der Waals surface area contributed by atoms with Crippen molar-refractivity contribution in [2.24, 2.45) is 0 Å². The van der Waals surface area contributed by atoms with Crippen LogP contribution in [0.1, 0.15) is 17.7 Å². The van der Waals surface area contributed by atoms with Crippen LogP contribution in [0, 0.1) is 10.1 Å². The quantitative estimate of drug-likeness (QED) is 0.398. The Morgan fingerprint density at radius 3 is 2.74 bits per heavy atom. The molecule has 0 saturated carbocycles. The van der Waals surface area contributed by atoms with Crippen molar-refractivity contribution in [1.29, 1.82) is 0 Å². The lowest BCUT2D eigenvalue weighted by atomic mass is 10.1. The molecule has 0 N–H and O–H groups in total. The Morgan fingerprint density at radius 1 is 1.22 bits per heavy atom. The monoisotopic (exact) mass is 328 g/mol. The maximum absolute atomic E-state index is 10.8. The van der Waals surface area contributed by atoms with E-state index in [9.17, 15) is 10.1 Å². The Balaban J connectivity index is 1.76. The topological polar surface area (TPSA) is 95.0 Å². The molecule has 0 aliphatic rings. The van der Waals surface area contributed by atoms with Gasteiger partial charge < -0.3 is 4.42 Å². The first-order valence-electron chi connectivity index (χ1n) is 6.78. The number of benzene rings is 1. The van der Waals surface area contributed by atoms with E-state index in [-0.39, 0.29) is 10.9 Å². The van der Waals surface area contributed by atoms with Crippen LogP contribution in [0.2, 0.25) is 0 Å². The zero-order valence-electron chi connectivity index (χ0n) is 12.1. The smallest absolute Gasteiger partial charge is 0.277 e. The van der Waals surface area contributed by atoms with Crippen molar-refractivity contribution in [3.63, 3.8) is 0 Å². The maximum atomic E-state index is 10.8. The van der Waals surface area contributed by atoms with Gasteiger partial charge in [-0.2, -0.15) is 0 Å². The average Bonchev–Trinajstić information content (AvgIpc) is 3.04. The zero-order chi connectivity index (χ0) is 16.2. The minimum Gasteiger partial charge on any atom is -0.411 e. The molecule has 0 radical (unpaired) electrons. The van der Waals surface area contributed by atoms with Crippen molar-refractivity contribution in [3.05, 3.63) is 64.5 Å². The van der Waals surface area contributed by atoms with Crippen molar-refractivity contribution in [3.8, 4) is 11.5 Å². The van der Waals surface area contributed by atoms with Crippen LogP contribution in [0.15, 0.2) is 58.4 Å². The summed E-state index contributed by atoms with van der Waals surface area (Å²) in [5.74, 6) is 0.418. The van der Waals surface area contributed by atoms with Gasteiger partial charge in [0.1, 0.15) is 0 Å². The van der Waals surface area contributed by atoms with Gasteiger partial charge in [0.05, 0.1) is 4.92 Å². The van der Waals surface area contributed by atoms with E-state index in [1.165, 1.54) is 17.8 Å². The molecule has 0 aliphatic carbocycles. The molecular formula is C15H12N4O3S. The summed E-state index contributed by atoms with van der Waals surface area (Å²) in [7, 11) is 0. The standard InChI is InChI=1S/C15H12N4O3S/c1-10(12-3-2-4-13(9-12)19(20)21)23-15-18-17-14(22-15)11-5-7-16-8-6-11/h2-10H,1H3. The Labute approximate surface area is 135 Å². The Morgan fingerprint density at radius 2 is 2.00 bits per heavy atom. The van der Waals surface area contributed by atoms with E-state index in [1.54, 1.807) is 36.7 Å². The van der Waals surface area contributed by atoms with Crippen LogP contribution in [0.5, 0.6) is 0 Å². The minimum atomic E-state index is -0.408. The van der Waals surface area contributed by atoms with Crippen LogP contribution in [0.25, 0.3) is 11.5 Å². The van der Waals surface area contributed by atoms with Gasteiger partial charge in [-0.1, -0.05) is 23.9 Å². The number of nitro groups is 1. The van der Waals surface area contributed by atoms with Crippen molar-refractivity contribution >= 4 is 17.4 Å². The highest BCUT2D eigenvalue weighted by Gasteiger charge is 2.16. The molecule has 0 amide bonds. The van der Waals surface area contributed by atoms with E-state index in [0.29, 0.717) is 11.1 Å². The van der Waals surface area contributed by atoms with Crippen molar-refractivity contribution in [2.45, 2.75) is 17.4 Å². The van der Waals surface area contributed by atoms with E-state index in [4.69, 9.17) is 4.42 Å². The number of hydrogen-bond acceptors (Lipinski definition) is 7. The number of nitrogens with zero attached hydrogens (tertiary/aromatic N) is 4. The zero-order valence-corrected chi connectivity index (χ0v) is 12.9. The second-order valence-corrected chi connectivity index (χ2v) is 6.01. The summed E-state index contributed by atoms with van der Waals surface area (Å²) in [6.45, 7) is 1.93. The first-order valence-corrected chi connectivity index (χ1v) is 7.66. The first kappa shape index (κ1) is 15.2. The molecule has 23 heavy (non-hydrogen) atoms. The highest BCUT2D eigenvalue weighted by molar-refractivity contribution is 7.99. The number of non-ortho nitro benzene ring substituents is 1. The molecule has 0 bridgehead atoms. The van der Waals surface area contributed by atoms with E-state index in [2.05, 4.69) is 15.2 Å². The fourth-order valence-electron chi connectivity index (χ4n) is 1.98. The third kappa shape index (κ3) is 3.54. The van der Waals surface area contributed by atoms with Gasteiger partial charge in [-0.3, -0.25) is 15.1 Å². The molecule has 2 aromatic heterocycles. The number of hydrogen-bond donors (Lipinski definition) is 0. The van der Waals surface area contributed by atoms with E-state index in [0.717, 1.165) is 11.1 Å². The molecule has 3 rings (SSSR count). The normalized spacial score (nSPS) is 12.0. The summed E-state index contributed by atoms with van der Waals surface area (Å²) in [5.41, 5.74) is 1.69. The predicted octanol–water partition coefficient (Wildman–Crippen LogP) is 3.89. The van der Waals surface area contributed by atoms with Gasteiger partial charge in [0.25, 0.3) is 10.9 Å². The molecule has 7 nitrogen and oxygen atoms in total. The largest absolute Gasteiger partial charge is 0.411 e. The number of pyridine rings is 1. The summed E-state index contributed by atoms with van der Waals surface area (Å²) in [4.78, 5) is 14.4. The summed E-state index contributed by atoms with van der Waals surface area (Å²) >= 11 is 1.35. The Hall–Kier alpha value is -2.74. The summed E-state index contributed by atoms with van der Waals surface area (Å²) < 4.78 is 5.62. The molecular weight excluding hydrogens is 316 g/mol. The van der Waals surface area contributed by atoms with Crippen LogP contribution >= 0.6 is 11.8 Å². The number of nitro benzene ring substituents is 1. The van der Waals surface area contributed by atoms with E-state index < -0.39 is 4.92 Å². The van der Waals surface area contributed by atoms with Gasteiger partial charge in [-0.15, -0.1) is 10.2 Å². The number of aromatic nitrogens is 3. The van der Waals surface area contributed by atoms with Crippen LogP contribution in [-0.4, -0.2) is 20.1 Å². The fourth-order valence-corrected chi connectivity index (χ4v) is 2.78. The second kappa shape index (κ2) is 6.57. The summed E-state index contributed by atoms with van der Waals surface area (Å²) in [6.07, 6.45) is 3.30. The van der Waals surface area contributed by atoms with Gasteiger partial charge in [-0.25, -0.2) is 0 Å². The summed E-state index contributed by atoms with van der Waals surface area (Å²) in [6, 6.07) is 10.1. The molecule has 0 saturated heterocycles. The lowest BCUT2D eigenvalue weighted by Crippen LogP contribution is -1.92. The van der Waals surface area contributed by atoms with Gasteiger partial charge >= 0.3 is 0 Å². The number of rotatable bonds is 5. The molecule has 1 unspecified atom stereocenters. The maximum Gasteiger partial charge on any atom is 0.277 e. The SMILES string of the molecule is CC(Sc1nnc(-c2ccncc2)o1)c1cccc([N+](=O)[O-])c1. The fraction of sp³-hybridized carbons (Fsp3) is 0.133. The van der Waals surface area contributed by atoms with Crippen molar-refractivity contribution < 1.29 is 9.34 Å². The molecule has 1 aromatic carbocycles.